The molecule has 3 rings (SSSR count). The highest BCUT2D eigenvalue weighted by Crippen LogP contribution is 2.26. The van der Waals surface area contributed by atoms with Crippen molar-refractivity contribution in [3.63, 3.8) is 0 Å². The molecule has 1 saturated heterocycles. The molecule has 0 spiro atoms. The van der Waals surface area contributed by atoms with E-state index in [9.17, 15) is 9.90 Å². The molecule has 2 fully saturated rings. The van der Waals surface area contributed by atoms with Gasteiger partial charge in [-0.15, -0.1) is 0 Å². The van der Waals surface area contributed by atoms with Gasteiger partial charge in [0.15, 0.2) is 0 Å². The number of rotatable bonds is 4. The van der Waals surface area contributed by atoms with E-state index in [0.717, 1.165) is 50.0 Å². The first-order chi connectivity index (χ1) is 12.2. The molecular formula is C20H31N3O2. The van der Waals surface area contributed by atoms with Gasteiger partial charge in [-0.25, -0.2) is 4.79 Å². The Bertz CT molecular complexity index is 584. The number of nitrogens with zero attached hydrogens (tertiary/aromatic N) is 1. The van der Waals surface area contributed by atoms with Crippen LogP contribution in [0.3, 0.4) is 0 Å². The zero-order valence-electron chi connectivity index (χ0n) is 15.3. The van der Waals surface area contributed by atoms with E-state index in [2.05, 4.69) is 27.7 Å². The number of benzene rings is 1. The van der Waals surface area contributed by atoms with Crippen LogP contribution >= 0.6 is 0 Å². The summed E-state index contributed by atoms with van der Waals surface area (Å²) in [6.45, 7) is 4.43. The van der Waals surface area contributed by atoms with Crippen LogP contribution in [-0.2, 0) is 0 Å². The molecule has 2 atom stereocenters. The fourth-order valence-electron chi connectivity index (χ4n) is 4.08. The minimum atomic E-state index is -0.164. The topological polar surface area (TPSA) is 64.6 Å². The summed E-state index contributed by atoms with van der Waals surface area (Å²) in [5.74, 6) is 0.173. The van der Waals surface area contributed by atoms with Crippen LogP contribution in [0.1, 0.15) is 50.5 Å². The van der Waals surface area contributed by atoms with Gasteiger partial charge in [0, 0.05) is 43.0 Å². The first-order valence-electron chi connectivity index (χ1n) is 9.71. The Morgan fingerprint density at radius 3 is 2.64 bits per heavy atom. The average Bonchev–Trinajstić information content (AvgIpc) is 3.05. The molecule has 0 bridgehead atoms. The number of anilines is 2. The quantitative estimate of drug-likeness (QED) is 0.730. The summed E-state index contributed by atoms with van der Waals surface area (Å²) in [5.41, 5.74) is 3.18. The average molecular weight is 345 g/mol. The minimum Gasteiger partial charge on any atom is -0.396 e. The van der Waals surface area contributed by atoms with Gasteiger partial charge < -0.3 is 20.6 Å². The van der Waals surface area contributed by atoms with Gasteiger partial charge in [-0.2, -0.15) is 0 Å². The van der Waals surface area contributed by atoms with Gasteiger partial charge in [0.2, 0.25) is 0 Å². The van der Waals surface area contributed by atoms with Crippen LogP contribution in [-0.4, -0.2) is 36.9 Å². The summed E-state index contributed by atoms with van der Waals surface area (Å²) in [6.07, 6.45) is 7.90. The maximum absolute atomic E-state index is 12.4. The van der Waals surface area contributed by atoms with Gasteiger partial charge in [-0.1, -0.05) is 19.3 Å². The summed E-state index contributed by atoms with van der Waals surface area (Å²) < 4.78 is 0. The highest BCUT2D eigenvalue weighted by atomic mass is 16.3. The Morgan fingerprint density at radius 2 is 1.92 bits per heavy atom. The summed E-state index contributed by atoms with van der Waals surface area (Å²) >= 11 is 0. The lowest BCUT2D eigenvalue weighted by atomic mass is 9.96. The highest BCUT2D eigenvalue weighted by molar-refractivity contribution is 5.90. The Labute approximate surface area is 150 Å². The van der Waals surface area contributed by atoms with Crippen molar-refractivity contribution in [3.05, 3.63) is 23.8 Å². The molecule has 1 aromatic carbocycles. The number of amides is 2. The molecule has 1 aliphatic heterocycles. The van der Waals surface area contributed by atoms with Crippen LogP contribution in [0, 0.1) is 12.8 Å². The monoisotopic (exact) mass is 345 g/mol. The second-order valence-electron chi connectivity index (χ2n) is 7.48. The van der Waals surface area contributed by atoms with E-state index < -0.39 is 0 Å². The predicted octanol–water partition coefficient (Wildman–Crippen LogP) is 3.66. The van der Waals surface area contributed by atoms with Gasteiger partial charge in [0.1, 0.15) is 0 Å². The maximum atomic E-state index is 12.4. The normalized spacial score (nSPS) is 24.0. The van der Waals surface area contributed by atoms with Crippen molar-refractivity contribution in [3.8, 4) is 0 Å². The number of aliphatic hydroxyl groups excluding tert-OH is 1. The van der Waals surface area contributed by atoms with Gasteiger partial charge in [0.05, 0.1) is 0 Å². The molecule has 0 aromatic heterocycles. The van der Waals surface area contributed by atoms with Crippen molar-refractivity contribution in [2.24, 2.45) is 5.92 Å². The summed E-state index contributed by atoms with van der Waals surface area (Å²) in [4.78, 5) is 14.8. The lowest BCUT2D eigenvalue weighted by Crippen LogP contribution is -2.43. The SMILES string of the molecule is Cc1cc(N2CCCC2)ccc1NC(=O)NC1CCCCCC1CO. The Hall–Kier alpha value is -1.75. The first-order valence-corrected chi connectivity index (χ1v) is 9.71. The summed E-state index contributed by atoms with van der Waals surface area (Å²) in [5, 5.41) is 15.7. The second-order valence-corrected chi connectivity index (χ2v) is 7.48. The molecule has 138 valence electrons. The van der Waals surface area contributed by atoms with Crippen molar-refractivity contribution in [2.45, 2.75) is 57.9 Å². The maximum Gasteiger partial charge on any atom is 0.319 e. The number of aryl methyl sites for hydroxylation is 1. The number of aliphatic hydroxyl groups is 1. The molecule has 25 heavy (non-hydrogen) atoms. The molecule has 3 N–H and O–H groups in total. The van der Waals surface area contributed by atoms with Crippen molar-refractivity contribution in [2.75, 3.05) is 29.9 Å². The van der Waals surface area contributed by atoms with Crippen LogP contribution < -0.4 is 15.5 Å². The molecule has 5 heteroatoms. The molecule has 1 aliphatic carbocycles. The number of carbonyl (C=O) groups is 1. The largest absolute Gasteiger partial charge is 0.396 e. The Balaban J connectivity index is 1.60. The van der Waals surface area contributed by atoms with E-state index in [-0.39, 0.29) is 24.6 Å². The van der Waals surface area contributed by atoms with E-state index in [0.29, 0.717) is 0 Å². The Morgan fingerprint density at radius 1 is 1.16 bits per heavy atom. The lowest BCUT2D eigenvalue weighted by Gasteiger charge is -2.25. The number of hydrogen-bond donors (Lipinski definition) is 3. The number of carbonyl (C=O) groups excluding carboxylic acids is 1. The molecule has 2 aliphatic rings. The van der Waals surface area contributed by atoms with E-state index in [1.807, 2.05) is 13.0 Å². The van der Waals surface area contributed by atoms with Crippen LogP contribution in [0.5, 0.6) is 0 Å². The third kappa shape index (κ3) is 4.66. The molecular weight excluding hydrogens is 314 g/mol. The number of urea groups is 1. The second kappa shape index (κ2) is 8.56. The van der Waals surface area contributed by atoms with Gasteiger partial charge in [-0.3, -0.25) is 0 Å². The van der Waals surface area contributed by atoms with Crippen LogP contribution in [0.15, 0.2) is 18.2 Å². The van der Waals surface area contributed by atoms with Crippen molar-refractivity contribution < 1.29 is 9.90 Å². The van der Waals surface area contributed by atoms with Gasteiger partial charge >= 0.3 is 6.03 Å². The van der Waals surface area contributed by atoms with Crippen LogP contribution in [0.4, 0.5) is 16.2 Å². The summed E-state index contributed by atoms with van der Waals surface area (Å²) in [7, 11) is 0. The molecule has 1 aromatic rings. The predicted molar refractivity (Wildman–Crippen MR) is 102 cm³/mol. The molecule has 5 nitrogen and oxygen atoms in total. The van der Waals surface area contributed by atoms with Crippen molar-refractivity contribution in [1.82, 2.24) is 5.32 Å². The van der Waals surface area contributed by atoms with E-state index in [1.54, 1.807) is 0 Å². The zero-order valence-corrected chi connectivity index (χ0v) is 15.3. The van der Waals surface area contributed by atoms with E-state index in [4.69, 9.17) is 0 Å². The van der Waals surface area contributed by atoms with Crippen LogP contribution in [0.25, 0.3) is 0 Å². The van der Waals surface area contributed by atoms with Gasteiger partial charge in [-0.05, 0) is 56.4 Å². The third-order valence-corrected chi connectivity index (χ3v) is 5.64. The molecule has 0 radical (unpaired) electrons. The van der Waals surface area contributed by atoms with E-state index >= 15 is 0 Å². The minimum absolute atomic E-state index is 0.0664. The lowest BCUT2D eigenvalue weighted by molar-refractivity contribution is 0.182. The van der Waals surface area contributed by atoms with Crippen molar-refractivity contribution >= 4 is 17.4 Å². The molecule has 2 unspecified atom stereocenters. The third-order valence-electron chi connectivity index (χ3n) is 5.64. The Kier molecular flexibility index (Phi) is 6.19. The standard InChI is InChI=1S/C20H31N3O2/c1-15-13-17(23-11-5-6-12-23)9-10-18(15)21-20(25)22-19-8-4-2-3-7-16(19)14-24/h9-10,13,16,19,24H,2-8,11-12,14H2,1H3,(H2,21,22,25). The zero-order chi connectivity index (χ0) is 17.6. The van der Waals surface area contributed by atoms with Gasteiger partial charge in [0.25, 0.3) is 0 Å². The number of nitrogens with one attached hydrogen (secondary N) is 2. The fraction of sp³-hybridized carbons (Fsp3) is 0.650. The highest BCUT2D eigenvalue weighted by Gasteiger charge is 2.24. The smallest absolute Gasteiger partial charge is 0.319 e. The fourth-order valence-corrected chi connectivity index (χ4v) is 4.08. The first kappa shape index (κ1) is 18.1. The van der Waals surface area contributed by atoms with E-state index in [1.165, 1.54) is 24.9 Å². The van der Waals surface area contributed by atoms with Crippen LogP contribution in [0.2, 0.25) is 0 Å². The number of hydrogen-bond acceptors (Lipinski definition) is 3. The molecule has 1 saturated carbocycles. The summed E-state index contributed by atoms with van der Waals surface area (Å²) in [6, 6.07) is 6.15. The molecule has 2 amide bonds. The molecule has 1 heterocycles. The van der Waals surface area contributed by atoms with Crippen molar-refractivity contribution in [1.29, 1.82) is 0 Å².